The van der Waals surface area contributed by atoms with Crippen molar-refractivity contribution >= 4 is 23.4 Å². The monoisotopic (exact) mass is 235 g/mol. The van der Waals surface area contributed by atoms with Gasteiger partial charge in [0.2, 0.25) is 0 Å². The average Bonchev–Trinajstić information content (AvgIpc) is 2.18. The van der Waals surface area contributed by atoms with Gasteiger partial charge in [-0.1, -0.05) is 13.3 Å². The molecule has 1 N–H and O–H groups in total. The Morgan fingerprint density at radius 1 is 1.43 bits per heavy atom. The molecule has 0 aromatic rings. The van der Waals surface area contributed by atoms with Gasteiger partial charge in [-0.2, -0.15) is 11.8 Å². The minimum Gasteiger partial charge on any atom is -0.316 e. The highest BCUT2D eigenvalue weighted by molar-refractivity contribution is 7.99. The fourth-order valence-corrected chi connectivity index (χ4v) is 2.99. The van der Waals surface area contributed by atoms with Crippen LogP contribution in [0.3, 0.4) is 0 Å². The Morgan fingerprint density at radius 2 is 2.29 bits per heavy atom. The molecule has 1 aliphatic carbocycles. The lowest BCUT2D eigenvalue weighted by molar-refractivity contribution is 0.349. The van der Waals surface area contributed by atoms with E-state index in [0.29, 0.717) is 5.38 Å². The number of halogens is 1. The Labute approximate surface area is 97.4 Å². The van der Waals surface area contributed by atoms with Crippen molar-refractivity contribution in [2.45, 2.75) is 38.0 Å². The van der Waals surface area contributed by atoms with E-state index >= 15 is 0 Å². The van der Waals surface area contributed by atoms with Crippen LogP contribution in [0.2, 0.25) is 0 Å². The van der Waals surface area contributed by atoms with E-state index in [4.69, 9.17) is 11.6 Å². The van der Waals surface area contributed by atoms with Crippen LogP contribution >= 0.6 is 23.4 Å². The molecule has 1 saturated carbocycles. The smallest absolute Gasteiger partial charge is 0.0339 e. The van der Waals surface area contributed by atoms with Gasteiger partial charge in [-0.25, -0.2) is 0 Å². The summed E-state index contributed by atoms with van der Waals surface area (Å²) < 4.78 is 0. The molecule has 0 aromatic heterocycles. The summed E-state index contributed by atoms with van der Waals surface area (Å²) in [5, 5.41) is 3.98. The molecule has 14 heavy (non-hydrogen) atoms. The van der Waals surface area contributed by atoms with E-state index in [1.807, 2.05) is 11.8 Å². The second kappa shape index (κ2) is 7.84. The van der Waals surface area contributed by atoms with Gasteiger partial charge in [0.25, 0.3) is 0 Å². The van der Waals surface area contributed by atoms with Crippen molar-refractivity contribution in [2.75, 3.05) is 24.6 Å². The Balaban J connectivity index is 1.95. The SMILES string of the molecule is CCSCCNCC1CCCC(Cl)C1. The molecule has 84 valence electrons. The van der Waals surface area contributed by atoms with Gasteiger partial charge in [-0.3, -0.25) is 0 Å². The highest BCUT2D eigenvalue weighted by Crippen LogP contribution is 2.27. The predicted molar refractivity (Wildman–Crippen MR) is 67.5 cm³/mol. The number of nitrogens with one attached hydrogen (secondary N) is 1. The van der Waals surface area contributed by atoms with Gasteiger partial charge < -0.3 is 5.32 Å². The van der Waals surface area contributed by atoms with Crippen LogP contribution in [0.25, 0.3) is 0 Å². The molecule has 0 aliphatic heterocycles. The fraction of sp³-hybridized carbons (Fsp3) is 1.00. The van der Waals surface area contributed by atoms with Gasteiger partial charge in [0.15, 0.2) is 0 Å². The standard InChI is InChI=1S/C11H22ClNS/c1-2-14-7-6-13-9-10-4-3-5-11(12)8-10/h10-11,13H,2-9H2,1H3. The summed E-state index contributed by atoms with van der Waals surface area (Å²) in [7, 11) is 0. The zero-order valence-electron chi connectivity index (χ0n) is 9.10. The first kappa shape index (κ1) is 12.7. The van der Waals surface area contributed by atoms with Crippen LogP contribution in [-0.4, -0.2) is 30.0 Å². The molecule has 3 heteroatoms. The number of rotatable bonds is 6. The molecule has 0 radical (unpaired) electrons. The highest BCUT2D eigenvalue weighted by atomic mass is 35.5. The molecule has 0 bridgehead atoms. The maximum atomic E-state index is 6.14. The number of hydrogen-bond donors (Lipinski definition) is 1. The van der Waals surface area contributed by atoms with E-state index in [-0.39, 0.29) is 0 Å². The quantitative estimate of drug-likeness (QED) is 0.561. The molecule has 1 nitrogen and oxygen atoms in total. The number of thioether (sulfide) groups is 1. The third-order valence-electron chi connectivity index (χ3n) is 2.78. The molecule has 0 saturated heterocycles. The summed E-state index contributed by atoms with van der Waals surface area (Å²) >= 11 is 8.15. The van der Waals surface area contributed by atoms with E-state index in [0.717, 1.165) is 12.5 Å². The molecular formula is C11H22ClNS. The van der Waals surface area contributed by atoms with E-state index in [1.54, 1.807) is 0 Å². The molecule has 0 amide bonds. The zero-order valence-corrected chi connectivity index (χ0v) is 10.7. The second-order valence-corrected chi connectivity index (χ2v) is 6.04. The minimum atomic E-state index is 0.445. The first-order valence-electron chi connectivity index (χ1n) is 5.75. The average molecular weight is 236 g/mol. The molecule has 0 aromatic carbocycles. The highest BCUT2D eigenvalue weighted by Gasteiger charge is 2.19. The molecule has 0 spiro atoms. The van der Waals surface area contributed by atoms with Crippen LogP contribution in [0.1, 0.15) is 32.6 Å². The molecule has 0 heterocycles. The van der Waals surface area contributed by atoms with Crippen molar-refractivity contribution in [3.05, 3.63) is 0 Å². The number of alkyl halides is 1. The normalized spacial score (nSPS) is 27.9. The van der Waals surface area contributed by atoms with Crippen molar-refractivity contribution in [3.63, 3.8) is 0 Å². The minimum absolute atomic E-state index is 0.445. The lowest BCUT2D eigenvalue weighted by Gasteiger charge is -2.25. The van der Waals surface area contributed by atoms with Gasteiger partial charge in [-0.05, 0) is 37.5 Å². The fourth-order valence-electron chi connectivity index (χ4n) is 2.01. The van der Waals surface area contributed by atoms with Crippen LogP contribution in [0.4, 0.5) is 0 Å². The van der Waals surface area contributed by atoms with E-state index in [1.165, 1.54) is 43.7 Å². The zero-order chi connectivity index (χ0) is 10.2. The Bertz CT molecular complexity index is 143. The molecule has 1 aliphatic rings. The van der Waals surface area contributed by atoms with Crippen molar-refractivity contribution in [3.8, 4) is 0 Å². The molecule has 2 unspecified atom stereocenters. The summed E-state index contributed by atoms with van der Waals surface area (Å²) in [5.74, 6) is 3.31. The van der Waals surface area contributed by atoms with Crippen LogP contribution in [-0.2, 0) is 0 Å². The van der Waals surface area contributed by atoms with Crippen molar-refractivity contribution in [1.82, 2.24) is 5.32 Å². The Hall–Kier alpha value is 0.600. The van der Waals surface area contributed by atoms with Crippen LogP contribution in [0.5, 0.6) is 0 Å². The summed E-state index contributed by atoms with van der Waals surface area (Å²) in [6.07, 6.45) is 5.14. The lowest BCUT2D eigenvalue weighted by Crippen LogP contribution is -2.28. The van der Waals surface area contributed by atoms with E-state index < -0.39 is 0 Å². The summed E-state index contributed by atoms with van der Waals surface area (Å²) in [5.41, 5.74) is 0. The van der Waals surface area contributed by atoms with Crippen LogP contribution in [0, 0.1) is 5.92 Å². The molecular weight excluding hydrogens is 214 g/mol. The lowest BCUT2D eigenvalue weighted by atomic mass is 9.89. The Morgan fingerprint density at radius 3 is 3.00 bits per heavy atom. The van der Waals surface area contributed by atoms with E-state index in [9.17, 15) is 0 Å². The van der Waals surface area contributed by atoms with Gasteiger partial charge in [0.1, 0.15) is 0 Å². The summed E-state index contributed by atoms with van der Waals surface area (Å²) in [6.45, 7) is 4.54. The van der Waals surface area contributed by atoms with Crippen LogP contribution in [0.15, 0.2) is 0 Å². The van der Waals surface area contributed by atoms with Gasteiger partial charge in [-0.15, -0.1) is 11.6 Å². The molecule has 2 atom stereocenters. The number of hydrogen-bond acceptors (Lipinski definition) is 2. The Kier molecular flexibility index (Phi) is 7.09. The first-order valence-corrected chi connectivity index (χ1v) is 7.34. The third kappa shape index (κ3) is 5.47. The molecule has 1 fully saturated rings. The van der Waals surface area contributed by atoms with Crippen molar-refractivity contribution in [1.29, 1.82) is 0 Å². The topological polar surface area (TPSA) is 12.0 Å². The first-order chi connectivity index (χ1) is 6.83. The van der Waals surface area contributed by atoms with Gasteiger partial charge in [0, 0.05) is 17.7 Å². The van der Waals surface area contributed by atoms with Gasteiger partial charge >= 0.3 is 0 Å². The maximum Gasteiger partial charge on any atom is 0.0339 e. The van der Waals surface area contributed by atoms with Crippen molar-refractivity contribution in [2.24, 2.45) is 5.92 Å². The van der Waals surface area contributed by atoms with Crippen molar-refractivity contribution < 1.29 is 0 Å². The predicted octanol–water partition coefficient (Wildman–Crippen LogP) is 3.13. The summed E-state index contributed by atoms with van der Waals surface area (Å²) in [4.78, 5) is 0. The third-order valence-corrected chi connectivity index (χ3v) is 4.08. The van der Waals surface area contributed by atoms with Gasteiger partial charge in [0.05, 0.1) is 0 Å². The largest absolute Gasteiger partial charge is 0.316 e. The second-order valence-electron chi connectivity index (χ2n) is 4.03. The van der Waals surface area contributed by atoms with Crippen LogP contribution < -0.4 is 5.32 Å². The van der Waals surface area contributed by atoms with E-state index in [2.05, 4.69) is 12.2 Å². The maximum absolute atomic E-state index is 6.14. The molecule has 1 rings (SSSR count). The summed E-state index contributed by atoms with van der Waals surface area (Å²) in [6, 6.07) is 0.